The van der Waals surface area contributed by atoms with Crippen molar-refractivity contribution >= 4 is 18.0 Å². The van der Waals surface area contributed by atoms with E-state index in [4.69, 9.17) is 9.47 Å². The molecule has 0 saturated carbocycles. The second-order valence-corrected chi connectivity index (χ2v) is 5.15. The number of hydrogen-bond acceptors (Lipinski definition) is 6. The van der Waals surface area contributed by atoms with Gasteiger partial charge in [0.2, 0.25) is 0 Å². The number of amides is 1. The van der Waals surface area contributed by atoms with Gasteiger partial charge in [0.25, 0.3) is 5.91 Å². The molecular weight excluding hydrogens is 338 g/mol. The summed E-state index contributed by atoms with van der Waals surface area (Å²) in [7, 11) is 1.26. The summed E-state index contributed by atoms with van der Waals surface area (Å²) in [6.07, 6.45) is -0.820. The highest BCUT2D eigenvalue weighted by Crippen LogP contribution is 2.17. The molecule has 0 heterocycles. The Hall–Kier alpha value is -3.35. The molecule has 1 unspecified atom stereocenters. The van der Waals surface area contributed by atoms with Gasteiger partial charge in [0.05, 0.1) is 13.7 Å². The van der Waals surface area contributed by atoms with Gasteiger partial charge >= 0.3 is 12.1 Å². The van der Waals surface area contributed by atoms with E-state index in [0.29, 0.717) is 11.1 Å². The maximum Gasteiger partial charge on any atom is 0.513 e. The Morgan fingerprint density at radius 3 is 2.23 bits per heavy atom. The van der Waals surface area contributed by atoms with Gasteiger partial charge in [-0.3, -0.25) is 4.79 Å². The van der Waals surface area contributed by atoms with Crippen molar-refractivity contribution in [3.63, 3.8) is 0 Å². The molecule has 136 valence electrons. The summed E-state index contributed by atoms with van der Waals surface area (Å²) in [6.45, 7) is 1.87. The zero-order valence-corrected chi connectivity index (χ0v) is 14.4. The molecular formula is C19H19NO6. The van der Waals surface area contributed by atoms with Crippen LogP contribution in [0.15, 0.2) is 54.6 Å². The first-order valence-corrected chi connectivity index (χ1v) is 7.93. The van der Waals surface area contributed by atoms with Gasteiger partial charge in [-0.05, 0) is 36.8 Å². The molecule has 1 N–H and O–H groups in total. The lowest BCUT2D eigenvalue weighted by molar-refractivity contribution is -0.143. The van der Waals surface area contributed by atoms with Crippen LogP contribution < -0.4 is 10.1 Å². The molecule has 0 radical (unpaired) electrons. The second-order valence-electron chi connectivity index (χ2n) is 5.15. The van der Waals surface area contributed by atoms with Crippen molar-refractivity contribution in [2.45, 2.75) is 13.0 Å². The summed E-state index contributed by atoms with van der Waals surface area (Å²) >= 11 is 0. The van der Waals surface area contributed by atoms with E-state index in [1.165, 1.54) is 31.4 Å². The highest BCUT2D eigenvalue weighted by atomic mass is 16.7. The Balaban J connectivity index is 2.09. The van der Waals surface area contributed by atoms with Gasteiger partial charge in [0.15, 0.2) is 6.04 Å². The first kappa shape index (κ1) is 19.0. The minimum Gasteiger partial charge on any atom is -0.467 e. The number of esters is 1. The topological polar surface area (TPSA) is 90.9 Å². The molecule has 1 amide bonds. The summed E-state index contributed by atoms with van der Waals surface area (Å²) < 4.78 is 14.4. The van der Waals surface area contributed by atoms with Gasteiger partial charge in [-0.1, -0.05) is 30.3 Å². The van der Waals surface area contributed by atoms with E-state index in [-0.39, 0.29) is 12.4 Å². The minimum absolute atomic E-state index is 0.202. The predicted molar refractivity (Wildman–Crippen MR) is 92.8 cm³/mol. The molecule has 26 heavy (non-hydrogen) atoms. The number of carbonyl (C=O) groups excluding carboxylic acids is 3. The Bertz CT molecular complexity index is 757. The fourth-order valence-electron chi connectivity index (χ4n) is 2.17. The highest BCUT2D eigenvalue weighted by Gasteiger charge is 2.24. The molecule has 0 aliphatic rings. The molecule has 0 saturated heterocycles. The molecule has 2 rings (SSSR count). The number of nitrogens with one attached hydrogen (secondary N) is 1. The van der Waals surface area contributed by atoms with Gasteiger partial charge < -0.3 is 19.5 Å². The van der Waals surface area contributed by atoms with E-state index >= 15 is 0 Å². The Kier molecular flexibility index (Phi) is 6.73. The monoisotopic (exact) mass is 357 g/mol. The van der Waals surface area contributed by atoms with Crippen LogP contribution in [0.25, 0.3) is 0 Å². The molecule has 2 aromatic carbocycles. The lowest BCUT2D eigenvalue weighted by Crippen LogP contribution is -2.34. The lowest BCUT2D eigenvalue weighted by Gasteiger charge is -2.17. The largest absolute Gasteiger partial charge is 0.513 e. The first-order chi connectivity index (χ1) is 12.5. The molecule has 0 aliphatic heterocycles. The highest BCUT2D eigenvalue weighted by molar-refractivity contribution is 5.97. The maximum absolute atomic E-state index is 12.4. The second kappa shape index (κ2) is 9.22. The van der Waals surface area contributed by atoms with Crippen LogP contribution in [0.3, 0.4) is 0 Å². The van der Waals surface area contributed by atoms with Crippen molar-refractivity contribution in [2.24, 2.45) is 0 Å². The predicted octanol–water partition coefficient (Wildman–Crippen LogP) is 2.87. The smallest absolute Gasteiger partial charge is 0.467 e. The van der Waals surface area contributed by atoms with Crippen LogP contribution in [0, 0.1) is 0 Å². The fraction of sp³-hybridized carbons (Fsp3) is 0.211. The van der Waals surface area contributed by atoms with Crippen LogP contribution in [0.1, 0.15) is 28.9 Å². The third-order valence-electron chi connectivity index (χ3n) is 3.43. The summed E-state index contributed by atoms with van der Waals surface area (Å²) in [5.74, 6) is -0.800. The third-order valence-corrected chi connectivity index (χ3v) is 3.43. The van der Waals surface area contributed by atoms with Crippen molar-refractivity contribution in [3.8, 4) is 5.75 Å². The van der Waals surface area contributed by atoms with E-state index in [1.807, 2.05) is 6.07 Å². The SMILES string of the molecule is CCOC(=O)Oc1ccc(C(=O)NC(C(=O)OC)c2ccccc2)cc1. The summed E-state index contributed by atoms with van der Waals surface area (Å²) in [5.41, 5.74) is 0.904. The minimum atomic E-state index is -0.927. The zero-order chi connectivity index (χ0) is 18.9. The average Bonchev–Trinajstić information content (AvgIpc) is 2.66. The van der Waals surface area contributed by atoms with Crippen LogP contribution in [0.2, 0.25) is 0 Å². The fourth-order valence-corrected chi connectivity index (χ4v) is 2.17. The lowest BCUT2D eigenvalue weighted by atomic mass is 10.1. The first-order valence-electron chi connectivity index (χ1n) is 7.93. The van der Waals surface area contributed by atoms with E-state index < -0.39 is 24.1 Å². The molecule has 0 fully saturated rings. The number of rotatable bonds is 6. The van der Waals surface area contributed by atoms with Crippen molar-refractivity contribution in [1.82, 2.24) is 5.32 Å². The van der Waals surface area contributed by atoms with Gasteiger partial charge in [-0.2, -0.15) is 0 Å². The van der Waals surface area contributed by atoms with E-state index in [1.54, 1.807) is 31.2 Å². The standard InChI is InChI=1S/C19H19NO6/c1-3-25-19(23)26-15-11-9-14(10-12-15)17(21)20-16(18(22)24-2)13-7-5-4-6-8-13/h4-12,16H,3H2,1-2H3,(H,20,21). The van der Waals surface area contributed by atoms with E-state index in [2.05, 4.69) is 10.1 Å². The molecule has 0 spiro atoms. The molecule has 0 aromatic heterocycles. The molecule has 2 aromatic rings. The summed E-state index contributed by atoms with van der Waals surface area (Å²) in [4.78, 5) is 35.7. The van der Waals surface area contributed by atoms with Crippen molar-refractivity contribution in [3.05, 3.63) is 65.7 Å². The van der Waals surface area contributed by atoms with Crippen molar-refractivity contribution in [1.29, 1.82) is 0 Å². The molecule has 1 atom stereocenters. The molecule has 7 nitrogen and oxygen atoms in total. The normalized spacial score (nSPS) is 11.2. The Morgan fingerprint density at radius 2 is 1.65 bits per heavy atom. The number of methoxy groups -OCH3 is 1. The van der Waals surface area contributed by atoms with E-state index in [0.717, 1.165) is 0 Å². The average molecular weight is 357 g/mol. The molecule has 7 heteroatoms. The van der Waals surface area contributed by atoms with Crippen LogP contribution in [-0.2, 0) is 14.3 Å². The molecule has 0 bridgehead atoms. The van der Waals surface area contributed by atoms with E-state index in [9.17, 15) is 14.4 Å². The van der Waals surface area contributed by atoms with Crippen molar-refractivity contribution in [2.75, 3.05) is 13.7 Å². The summed E-state index contributed by atoms with van der Waals surface area (Å²) in [5, 5.41) is 2.63. The van der Waals surface area contributed by atoms with Crippen LogP contribution >= 0.6 is 0 Å². The van der Waals surface area contributed by atoms with Crippen LogP contribution in [0.5, 0.6) is 5.75 Å². The van der Waals surface area contributed by atoms with Gasteiger partial charge in [-0.15, -0.1) is 0 Å². The summed E-state index contributed by atoms with van der Waals surface area (Å²) in [6, 6.07) is 13.7. The Morgan fingerprint density at radius 1 is 1.00 bits per heavy atom. The van der Waals surface area contributed by atoms with Gasteiger partial charge in [0, 0.05) is 5.56 Å². The van der Waals surface area contributed by atoms with Crippen LogP contribution in [-0.4, -0.2) is 31.7 Å². The van der Waals surface area contributed by atoms with Gasteiger partial charge in [-0.25, -0.2) is 9.59 Å². The quantitative estimate of drug-likeness (QED) is 0.631. The number of carbonyl (C=O) groups is 3. The molecule has 0 aliphatic carbocycles. The van der Waals surface area contributed by atoms with Gasteiger partial charge in [0.1, 0.15) is 5.75 Å². The third kappa shape index (κ3) is 5.07. The number of hydrogen-bond donors (Lipinski definition) is 1. The Labute approximate surface area is 150 Å². The van der Waals surface area contributed by atoms with Crippen LogP contribution in [0.4, 0.5) is 4.79 Å². The zero-order valence-electron chi connectivity index (χ0n) is 14.4. The number of benzene rings is 2. The maximum atomic E-state index is 12.4. The van der Waals surface area contributed by atoms with Crippen molar-refractivity contribution < 1.29 is 28.6 Å². The number of ether oxygens (including phenoxy) is 3.